The summed E-state index contributed by atoms with van der Waals surface area (Å²) in [6.45, 7) is 4.87. The maximum Gasteiger partial charge on any atom is 0.0846 e. The molecular weight excluding hydrogens is 264 g/mol. The summed E-state index contributed by atoms with van der Waals surface area (Å²) in [4.78, 5) is 0. The Bertz CT molecular complexity index is 548. The van der Waals surface area contributed by atoms with Crippen LogP contribution in [0.1, 0.15) is 49.2 Å². The number of aliphatic hydroxyl groups excluding tert-OH is 1. The third kappa shape index (κ3) is 4.16. The minimum atomic E-state index is -0.526. The fraction of sp³-hybridized carbons (Fsp3) is 0.471. The molecule has 0 aliphatic rings. The molecule has 114 valence electrons. The Labute approximate surface area is 126 Å². The number of hydrogen-bond donors (Lipinski definition) is 1. The average molecular weight is 288 g/mol. The molecule has 1 aromatic heterocycles. The van der Waals surface area contributed by atoms with E-state index in [4.69, 9.17) is 4.74 Å². The Kier molecular flexibility index (Phi) is 5.53. The lowest BCUT2D eigenvalue weighted by molar-refractivity contribution is 0.175. The fourth-order valence-electron chi connectivity index (χ4n) is 2.24. The summed E-state index contributed by atoms with van der Waals surface area (Å²) >= 11 is 0. The molecule has 1 aromatic carbocycles. The predicted octanol–water partition coefficient (Wildman–Crippen LogP) is 3.28. The van der Waals surface area contributed by atoms with Crippen LogP contribution >= 0.6 is 0 Å². The van der Waals surface area contributed by atoms with E-state index in [1.165, 1.54) is 0 Å². The Morgan fingerprint density at radius 2 is 1.95 bits per heavy atom. The van der Waals surface area contributed by atoms with E-state index in [0.29, 0.717) is 19.1 Å². The average Bonchev–Trinajstić information content (AvgIpc) is 2.96. The van der Waals surface area contributed by atoms with E-state index in [0.717, 1.165) is 23.2 Å². The molecule has 2 rings (SSSR count). The zero-order valence-corrected chi connectivity index (χ0v) is 13.0. The molecule has 0 fully saturated rings. The summed E-state index contributed by atoms with van der Waals surface area (Å²) < 4.78 is 7.05. The highest BCUT2D eigenvalue weighted by Crippen LogP contribution is 2.19. The lowest BCUT2D eigenvalue weighted by atomic mass is 10.0. The minimum Gasteiger partial charge on any atom is -0.388 e. The van der Waals surface area contributed by atoms with Gasteiger partial charge in [0.15, 0.2) is 0 Å². The molecular formula is C17H24N2O2. The summed E-state index contributed by atoms with van der Waals surface area (Å²) in [5, 5.41) is 14.8. The molecule has 0 amide bonds. The molecule has 21 heavy (non-hydrogen) atoms. The monoisotopic (exact) mass is 288 g/mol. The van der Waals surface area contributed by atoms with Gasteiger partial charge in [0.25, 0.3) is 0 Å². The Morgan fingerprint density at radius 3 is 2.57 bits per heavy atom. The number of aliphatic hydroxyl groups is 1. The van der Waals surface area contributed by atoms with Gasteiger partial charge in [0.2, 0.25) is 0 Å². The molecule has 2 aromatic rings. The predicted molar refractivity (Wildman–Crippen MR) is 83.0 cm³/mol. The largest absolute Gasteiger partial charge is 0.388 e. The molecule has 2 unspecified atom stereocenters. The maximum absolute atomic E-state index is 10.3. The second kappa shape index (κ2) is 7.38. The van der Waals surface area contributed by atoms with Gasteiger partial charge in [-0.15, -0.1) is 0 Å². The van der Waals surface area contributed by atoms with Gasteiger partial charge in [0, 0.05) is 25.8 Å². The molecule has 0 aliphatic heterocycles. The first-order valence-corrected chi connectivity index (χ1v) is 7.44. The number of nitrogens with zero attached hydrogens (tertiary/aromatic N) is 2. The minimum absolute atomic E-state index is 0.393. The van der Waals surface area contributed by atoms with Crippen molar-refractivity contribution >= 4 is 0 Å². The number of methoxy groups -OCH3 is 1. The van der Waals surface area contributed by atoms with Crippen molar-refractivity contribution in [3.63, 3.8) is 0 Å². The van der Waals surface area contributed by atoms with Gasteiger partial charge in [-0.2, -0.15) is 5.10 Å². The van der Waals surface area contributed by atoms with Crippen LogP contribution in [0.25, 0.3) is 0 Å². The third-order valence-corrected chi connectivity index (χ3v) is 3.78. The Morgan fingerprint density at radius 1 is 1.24 bits per heavy atom. The first kappa shape index (κ1) is 15.7. The van der Waals surface area contributed by atoms with Gasteiger partial charge < -0.3 is 9.84 Å². The SMILES string of the molecule is CCC(C)n1ccc(CC(O)c2ccc(COC)cc2)n1. The van der Waals surface area contributed by atoms with Crippen molar-refractivity contribution in [2.75, 3.05) is 7.11 Å². The van der Waals surface area contributed by atoms with E-state index in [1.54, 1.807) is 7.11 Å². The van der Waals surface area contributed by atoms with Gasteiger partial charge in [-0.1, -0.05) is 31.2 Å². The quantitative estimate of drug-likeness (QED) is 0.850. The van der Waals surface area contributed by atoms with Crippen LogP contribution in [-0.4, -0.2) is 22.0 Å². The van der Waals surface area contributed by atoms with E-state index in [9.17, 15) is 5.11 Å². The molecule has 0 spiro atoms. The van der Waals surface area contributed by atoms with Crippen molar-refractivity contribution in [2.45, 2.75) is 45.4 Å². The molecule has 0 bridgehead atoms. The molecule has 4 nitrogen and oxygen atoms in total. The summed E-state index contributed by atoms with van der Waals surface area (Å²) in [5.41, 5.74) is 2.94. The van der Waals surface area contributed by atoms with E-state index >= 15 is 0 Å². The molecule has 1 heterocycles. The van der Waals surface area contributed by atoms with E-state index in [1.807, 2.05) is 41.2 Å². The van der Waals surface area contributed by atoms with Crippen LogP contribution < -0.4 is 0 Å². The highest BCUT2D eigenvalue weighted by atomic mass is 16.5. The lowest BCUT2D eigenvalue weighted by Crippen LogP contribution is -2.07. The summed E-state index contributed by atoms with van der Waals surface area (Å²) in [6.07, 6.45) is 3.04. The highest BCUT2D eigenvalue weighted by molar-refractivity contribution is 5.24. The van der Waals surface area contributed by atoms with Crippen LogP contribution in [0, 0.1) is 0 Å². The molecule has 1 N–H and O–H groups in total. The number of benzene rings is 1. The first-order valence-electron chi connectivity index (χ1n) is 7.44. The van der Waals surface area contributed by atoms with E-state index < -0.39 is 6.10 Å². The van der Waals surface area contributed by atoms with Crippen molar-refractivity contribution in [2.24, 2.45) is 0 Å². The van der Waals surface area contributed by atoms with Crippen LogP contribution in [0.3, 0.4) is 0 Å². The van der Waals surface area contributed by atoms with Crippen LogP contribution in [0.5, 0.6) is 0 Å². The maximum atomic E-state index is 10.3. The third-order valence-electron chi connectivity index (χ3n) is 3.78. The molecule has 4 heteroatoms. The van der Waals surface area contributed by atoms with Crippen LogP contribution in [-0.2, 0) is 17.8 Å². The van der Waals surface area contributed by atoms with Crippen LogP contribution in [0.2, 0.25) is 0 Å². The molecule has 0 aliphatic carbocycles. The number of hydrogen-bond acceptors (Lipinski definition) is 3. The van der Waals surface area contributed by atoms with Crippen molar-refractivity contribution in [1.29, 1.82) is 0 Å². The van der Waals surface area contributed by atoms with Gasteiger partial charge in [-0.3, -0.25) is 4.68 Å². The normalized spacial score (nSPS) is 14.1. The zero-order valence-electron chi connectivity index (χ0n) is 13.0. The molecule has 0 saturated carbocycles. The zero-order chi connectivity index (χ0) is 15.2. The van der Waals surface area contributed by atoms with Gasteiger partial charge in [0.05, 0.1) is 18.4 Å². The standard InChI is InChI=1S/C17H24N2O2/c1-4-13(2)19-10-9-16(18-19)11-17(20)15-7-5-14(6-8-15)12-21-3/h5-10,13,17,20H,4,11-12H2,1-3H3. The van der Waals surface area contributed by atoms with Crippen molar-refractivity contribution < 1.29 is 9.84 Å². The second-order valence-corrected chi connectivity index (χ2v) is 5.44. The van der Waals surface area contributed by atoms with Gasteiger partial charge in [-0.05, 0) is 30.5 Å². The smallest absolute Gasteiger partial charge is 0.0846 e. The molecule has 0 radical (unpaired) electrons. The van der Waals surface area contributed by atoms with E-state index in [2.05, 4.69) is 18.9 Å². The topological polar surface area (TPSA) is 47.3 Å². The first-order chi connectivity index (χ1) is 10.1. The molecule has 0 saturated heterocycles. The van der Waals surface area contributed by atoms with Crippen molar-refractivity contribution in [3.05, 3.63) is 53.3 Å². The van der Waals surface area contributed by atoms with Crippen LogP contribution in [0.4, 0.5) is 0 Å². The van der Waals surface area contributed by atoms with E-state index in [-0.39, 0.29) is 0 Å². The van der Waals surface area contributed by atoms with Crippen molar-refractivity contribution in [1.82, 2.24) is 9.78 Å². The number of aromatic nitrogens is 2. The summed E-state index contributed by atoms with van der Waals surface area (Å²) in [6, 6.07) is 10.2. The Balaban J connectivity index is 2.00. The summed E-state index contributed by atoms with van der Waals surface area (Å²) in [5.74, 6) is 0. The summed E-state index contributed by atoms with van der Waals surface area (Å²) in [7, 11) is 1.68. The van der Waals surface area contributed by atoms with Crippen LogP contribution in [0.15, 0.2) is 36.5 Å². The van der Waals surface area contributed by atoms with Crippen molar-refractivity contribution in [3.8, 4) is 0 Å². The van der Waals surface area contributed by atoms with Gasteiger partial charge in [-0.25, -0.2) is 0 Å². The van der Waals surface area contributed by atoms with Gasteiger partial charge in [0.1, 0.15) is 0 Å². The highest BCUT2D eigenvalue weighted by Gasteiger charge is 2.12. The fourth-order valence-corrected chi connectivity index (χ4v) is 2.24. The Hall–Kier alpha value is -1.65. The number of ether oxygens (including phenoxy) is 1. The number of rotatable bonds is 7. The van der Waals surface area contributed by atoms with Gasteiger partial charge >= 0.3 is 0 Å². The second-order valence-electron chi connectivity index (χ2n) is 5.44. The lowest BCUT2D eigenvalue weighted by Gasteiger charge is -2.11. The molecule has 2 atom stereocenters.